The van der Waals surface area contributed by atoms with Gasteiger partial charge in [0.1, 0.15) is 24.4 Å². The smallest absolute Gasteiger partial charge is 0.187 e. The van der Waals surface area contributed by atoms with E-state index < -0.39 is 30.7 Å². The molecule has 6 nitrogen and oxygen atoms in total. The third kappa shape index (κ3) is 6.71. The summed E-state index contributed by atoms with van der Waals surface area (Å²) in [4.78, 5) is 0. The molecular formula is C27H30O6. The van der Waals surface area contributed by atoms with Gasteiger partial charge < -0.3 is 29.2 Å². The van der Waals surface area contributed by atoms with Gasteiger partial charge in [0.05, 0.1) is 26.4 Å². The Labute approximate surface area is 194 Å². The average molecular weight is 451 g/mol. The van der Waals surface area contributed by atoms with Gasteiger partial charge in [-0.2, -0.15) is 0 Å². The second kappa shape index (κ2) is 12.0. The van der Waals surface area contributed by atoms with E-state index >= 15 is 0 Å². The van der Waals surface area contributed by atoms with Crippen molar-refractivity contribution in [3.05, 3.63) is 108 Å². The maximum absolute atomic E-state index is 10.9. The average Bonchev–Trinajstić information content (AvgIpc) is 2.87. The summed E-state index contributed by atoms with van der Waals surface area (Å²) < 4.78 is 23.8. The van der Waals surface area contributed by atoms with Crippen LogP contribution in [-0.4, -0.2) is 47.5 Å². The van der Waals surface area contributed by atoms with Gasteiger partial charge in [-0.05, 0) is 16.7 Å². The van der Waals surface area contributed by atoms with Gasteiger partial charge in [-0.25, -0.2) is 0 Å². The molecule has 1 saturated heterocycles. The maximum atomic E-state index is 10.9. The molecule has 0 aliphatic carbocycles. The molecule has 6 heteroatoms. The van der Waals surface area contributed by atoms with Crippen molar-refractivity contribution >= 4 is 0 Å². The third-order valence-electron chi connectivity index (χ3n) is 5.58. The second-order valence-electron chi connectivity index (χ2n) is 8.08. The summed E-state index contributed by atoms with van der Waals surface area (Å²) in [6.45, 7) is 1.05. The Morgan fingerprint density at radius 2 is 1.09 bits per heavy atom. The Bertz CT molecular complexity index is 935. The molecule has 0 bridgehead atoms. The molecule has 33 heavy (non-hydrogen) atoms. The number of ether oxygens (including phenoxy) is 4. The van der Waals surface area contributed by atoms with Crippen molar-refractivity contribution in [2.45, 2.75) is 50.5 Å². The zero-order valence-electron chi connectivity index (χ0n) is 18.4. The molecule has 5 atom stereocenters. The zero-order chi connectivity index (χ0) is 22.9. The fourth-order valence-corrected chi connectivity index (χ4v) is 3.74. The molecule has 1 fully saturated rings. The lowest BCUT2D eigenvalue weighted by molar-refractivity contribution is -0.316. The van der Waals surface area contributed by atoms with Crippen LogP contribution in [0.15, 0.2) is 91.0 Å². The van der Waals surface area contributed by atoms with Crippen LogP contribution in [0.1, 0.15) is 16.7 Å². The molecule has 4 rings (SSSR count). The minimum atomic E-state index is -1.19. The summed E-state index contributed by atoms with van der Waals surface area (Å²) in [6, 6.07) is 29.1. The van der Waals surface area contributed by atoms with Crippen LogP contribution in [0.2, 0.25) is 0 Å². The topological polar surface area (TPSA) is 77.4 Å². The van der Waals surface area contributed by atoms with Crippen LogP contribution < -0.4 is 0 Å². The number of benzene rings is 3. The highest BCUT2D eigenvalue weighted by molar-refractivity contribution is 5.15. The van der Waals surface area contributed by atoms with E-state index in [2.05, 4.69) is 0 Å². The monoisotopic (exact) mass is 450 g/mol. The maximum Gasteiger partial charge on any atom is 0.187 e. The molecule has 1 aliphatic rings. The highest BCUT2D eigenvalue weighted by atomic mass is 16.7. The Morgan fingerprint density at radius 1 is 0.606 bits per heavy atom. The van der Waals surface area contributed by atoms with Gasteiger partial charge in [0.15, 0.2) is 6.29 Å². The predicted octanol–water partition coefficient (Wildman–Crippen LogP) is 3.45. The second-order valence-corrected chi connectivity index (χ2v) is 8.08. The first-order valence-electron chi connectivity index (χ1n) is 11.1. The van der Waals surface area contributed by atoms with Gasteiger partial charge in [-0.1, -0.05) is 91.0 Å². The van der Waals surface area contributed by atoms with Crippen molar-refractivity contribution in [3.63, 3.8) is 0 Å². The quantitative estimate of drug-likeness (QED) is 0.493. The molecule has 1 aliphatic heterocycles. The number of rotatable bonds is 10. The van der Waals surface area contributed by atoms with E-state index in [1.165, 1.54) is 0 Å². The van der Waals surface area contributed by atoms with Crippen LogP contribution in [0.3, 0.4) is 0 Å². The SMILES string of the molecule is O[C@@H]1[C@H](O)[C@@H](OCc2ccccc2)[C@@H](OCc2ccccc2)O[C@@H]1COCc1ccccc1. The Kier molecular flexibility index (Phi) is 8.60. The highest BCUT2D eigenvalue weighted by Gasteiger charge is 2.46. The highest BCUT2D eigenvalue weighted by Crippen LogP contribution is 2.27. The third-order valence-corrected chi connectivity index (χ3v) is 5.58. The van der Waals surface area contributed by atoms with Crippen LogP contribution in [0, 0.1) is 0 Å². The fraction of sp³-hybridized carbons (Fsp3) is 0.333. The van der Waals surface area contributed by atoms with Crippen molar-refractivity contribution in [1.82, 2.24) is 0 Å². The van der Waals surface area contributed by atoms with Gasteiger partial charge >= 0.3 is 0 Å². The van der Waals surface area contributed by atoms with Gasteiger partial charge in [-0.3, -0.25) is 0 Å². The molecule has 0 unspecified atom stereocenters. The first kappa shape index (κ1) is 23.6. The summed E-state index contributed by atoms with van der Waals surface area (Å²) in [5, 5.41) is 21.6. The fourth-order valence-electron chi connectivity index (χ4n) is 3.74. The molecule has 1 heterocycles. The summed E-state index contributed by atoms with van der Waals surface area (Å²) in [5.41, 5.74) is 2.94. The van der Waals surface area contributed by atoms with E-state index in [4.69, 9.17) is 18.9 Å². The number of hydrogen-bond acceptors (Lipinski definition) is 6. The Balaban J connectivity index is 1.40. The first-order valence-corrected chi connectivity index (χ1v) is 11.1. The molecule has 0 aromatic heterocycles. The first-order chi connectivity index (χ1) is 16.2. The molecule has 2 N–H and O–H groups in total. The molecule has 0 radical (unpaired) electrons. The van der Waals surface area contributed by atoms with Gasteiger partial charge in [0.25, 0.3) is 0 Å². The number of aliphatic hydroxyl groups is 2. The van der Waals surface area contributed by atoms with Crippen molar-refractivity contribution in [2.75, 3.05) is 6.61 Å². The van der Waals surface area contributed by atoms with Crippen molar-refractivity contribution in [3.8, 4) is 0 Å². The van der Waals surface area contributed by atoms with E-state index in [1.807, 2.05) is 91.0 Å². The van der Waals surface area contributed by atoms with Crippen molar-refractivity contribution in [1.29, 1.82) is 0 Å². The van der Waals surface area contributed by atoms with Crippen LogP contribution in [0.4, 0.5) is 0 Å². The number of hydrogen-bond donors (Lipinski definition) is 2. The van der Waals surface area contributed by atoms with E-state index in [1.54, 1.807) is 0 Å². The van der Waals surface area contributed by atoms with Crippen molar-refractivity contribution in [2.24, 2.45) is 0 Å². The van der Waals surface area contributed by atoms with Gasteiger partial charge in [0.2, 0.25) is 0 Å². The predicted molar refractivity (Wildman–Crippen MR) is 123 cm³/mol. The summed E-state index contributed by atoms with van der Waals surface area (Å²) in [5.74, 6) is 0. The summed E-state index contributed by atoms with van der Waals surface area (Å²) in [7, 11) is 0. The van der Waals surface area contributed by atoms with Crippen LogP contribution >= 0.6 is 0 Å². The molecular weight excluding hydrogens is 420 g/mol. The lowest BCUT2D eigenvalue weighted by Crippen LogP contribution is -2.60. The van der Waals surface area contributed by atoms with Gasteiger partial charge in [-0.15, -0.1) is 0 Å². The number of aliphatic hydroxyl groups excluding tert-OH is 2. The summed E-state index contributed by atoms with van der Waals surface area (Å²) >= 11 is 0. The van der Waals surface area contributed by atoms with Crippen LogP contribution in [-0.2, 0) is 38.8 Å². The van der Waals surface area contributed by atoms with E-state index in [9.17, 15) is 10.2 Å². The lowest BCUT2D eigenvalue weighted by Gasteiger charge is -2.42. The van der Waals surface area contributed by atoms with Crippen molar-refractivity contribution < 1.29 is 29.2 Å². The molecule has 174 valence electrons. The molecule has 3 aromatic carbocycles. The molecule has 0 amide bonds. The Morgan fingerprint density at radius 3 is 1.64 bits per heavy atom. The van der Waals surface area contributed by atoms with Gasteiger partial charge in [0, 0.05) is 0 Å². The molecule has 3 aromatic rings. The molecule has 0 saturated carbocycles. The zero-order valence-corrected chi connectivity index (χ0v) is 18.4. The Hall–Kier alpha value is -2.58. The van der Waals surface area contributed by atoms with E-state index in [0.717, 1.165) is 16.7 Å². The largest absolute Gasteiger partial charge is 0.387 e. The van der Waals surface area contributed by atoms with Crippen LogP contribution in [0.5, 0.6) is 0 Å². The minimum absolute atomic E-state index is 0.115. The van der Waals surface area contributed by atoms with Crippen LogP contribution in [0.25, 0.3) is 0 Å². The van der Waals surface area contributed by atoms with E-state index in [-0.39, 0.29) is 19.8 Å². The molecule has 0 spiro atoms. The van der Waals surface area contributed by atoms with E-state index in [0.29, 0.717) is 6.61 Å². The standard InChI is InChI=1S/C27H30O6/c28-24-23(19-30-16-20-10-4-1-5-11-20)33-27(32-18-22-14-8-3-9-15-22)26(25(24)29)31-17-21-12-6-2-7-13-21/h1-15,23-29H,16-19H2/t23-,24+,25+,26-,27+/m1/s1. The lowest BCUT2D eigenvalue weighted by atomic mass is 9.99. The normalized spacial score (nSPS) is 25.1. The summed E-state index contributed by atoms with van der Waals surface area (Å²) in [6.07, 6.45) is -4.82. The minimum Gasteiger partial charge on any atom is -0.387 e.